The highest BCUT2D eigenvalue weighted by atomic mass is 79.9. The average molecular weight is 399 g/mol. The second-order valence-electron chi connectivity index (χ2n) is 6.25. The van der Waals surface area contributed by atoms with E-state index in [0.717, 1.165) is 35.0 Å². The van der Waals surface area contributed by atoms with Gasteiger partial charge in [-0.05, 0) is 43.9 Å². The number of ether oxygens (including phenoxy) is 2. The number of benzene rings is 1. The molecule has 0 unspecified atom stereocenters. The summed E-state index contributed by atoms with van der Waals surface area (Å²) >= 11 is 3.46. The van der Waals surface area contributed by atoms with Crippen LogP contribution in [0.4, 0.5) is 0 Å². The molecule has 1 aromatic rings. The quantitative estimate of drug-likeness (QED) is 0.245. The van der Waals surface area contributed by atoms with Crippen molar-refractivity contribution < 1.29 is 14.3 Å². The highest BCUT2D eigenvalue weighted by molar-refractivity contribution is 9.09. The van der Waals surface area contributed by atoms with Crippen molar-refractivity contribution in [3.8, 4) is 11.5 Å². The maximum absolute atomic E-state index is 12.6. The van der Waals surface area contributed by atoms with Crippen LogP contribution >= 0.6 is 15.9 Å². The van der Waals surface area contributed by atoms with Crippen molar-refractivity contribution >= 4 is 21.7 Å². The Morgan fingerprint density at radius 1 is 0.917 bits per heavy atom. The number of hydrogen-bond donors (Lipinski definition) is 0. The van der Waals surface area contributed by atoms with Crippen LogP contribution in [0.3, 0.4) is 0 Å². The van der Waals surface area contributed by atoms with Gasteiger partial charge in [-0.3, -0.25) is 4.79 Å². The predicted molar refractivity (Wildman–Crippen MR) is 104 cm³/mol. The van der Waals surface area contributed by atoms with E-state index in [9.17, 15) is 4.79 Å². The zero-order valence-corrected chi connectivity index (χ0v) is 17.1. The third-order valence-corrected chi connectivity index (χ3v) is 5.12. The molecule has 0 aliphatic carbocycles. The fourth-order valence-corrected chi connectivity index (χ4v) is 3.34. The van der Waals surface area contributed by atoms with Gasteiger partial charge in [0.1, 0.15) is 11.5 Å². The van der Waals surface area contributed by atoms with Gasteiger partial charge in [-0.2, -0.15) is 0 Å². The third kappa shape index (κ3) is 6.12. The first-order valence-electron chi connectivity index (χ1n) is 8.88. The molecule has 136 valence electrons. The number of hydrogen-bond acceptors (Lipinski definition) is 3. The van der Waals surface area contributed by atoms with E-state index >= 15 is 0 Å². The highest BCUT2D eigenvalue weighted by Gasteiger charge is 2.18. The molecule has 0 aliphatic heterocycles. The summed E-state index contributed by atoms with van der Waals surface area (Å²) in [7, 11) is 3.26. The molecule has 0 aliphatic rings. The average Bonchev–Trinajstić information content (AvgIpc) is 2.59. The summed E-state index contributed by atoms with van der Waals surface area (Å²) in [5.74, 6) is 1.59. The smallest absolute Gasteiger partial charge is 0.166 e. The minimum atomic E-state index is 0.146. The molecular weight excluding hydrogens is 368 g/mol. The van der Waals surface area contributed by atoms with E-state index in [1.807, 2.05) is 19.9 Å². The van der Waals surface area contributed by atoms with Crippen molar-refractivity contribution in [2.45, 2.75) is 65.2 Å². The van der Waals surface area contributed by atoms with Gasteiger partial charge < -0.3 is 9.47 Å². The van der Waals surface area contributed by atoms with Gasteiger partial charge in [0.25, 0.3) is 0 Å². The van der Waals surface area contributed by atoms with Gasteiger partial charge >= 0.3 is 0 Å². The van der Waals surface area contributed by atoms with Crippen molar-refractivity contribution in [3.63, 3.8) is 0 Å². The topological polar surface area (TPSA) is 35.5 Å². The van der Waals surface area contributed by atoms with Gasteiger partial charge in [0.05, 0.1) is 19.8 Å². The van der Waals surface area contributed by atoms with Crippen LogP contribution in [0.15, 0.2) is 6.07 Å². The van der Waals surface area contributed by atoms with Crippen molar-refractivity contribution in [1.29, 1.82) is 0 Å². The molecule has 0 bridgehead atoms. The van der Waals surface area contributed by atoms with Crippen LogP contribution in [0.1, 0.15) is 72.9 Å². The van der Waals surface area contributed by atoms with E-state index in [1.54, 1.807) is 14.2 Å². The second kappa shape index (κ2) is 11.5. The van der Waals surface area contributed by atoms with Gasteiger partial charge in [-0.25, -0.2) is 0 Å². The lowest BCUT2D eigenvalue weighted by atomic mass is 9.97. The Morgan fingerprint density at radius 2 is 1.50 bits per heavy atom. The van der Waals surface area contributed by atoms with Crippen molar-refractivity contribution in [1.82, 2.24) is 0 Å². The van der Waals surface area contributed by atoms with E-state index < -0.39 is 0 Å². The molecule has 0 radical (unpaired) electrons. The molecule has 1 aromatic carbocycles. The molecule has 0 atom stereocenters. The Labute approximate surface area is 155 Å². The maximum atomic E-state index is 12.6. The van der Waals surface area contributed by atoms with Gasteiger partial charge in [0.15, 0.2) is 5.78 Å². The SMILES string of the molecule is COc1cc(C(=O)CCCCCCCCCBr)c(OC)c(C)c1C. The number of methoxy groups -OCH3 is 2. The highest BCUT2D eigenvalue weighted by Crippen LogP contribution is 2.34. The minimum Gasteiger partial charge on any atom is -0.496 e. The van der Waals surface area contributed by atoms with E-state index in [4.69, 9.17) is 9.47 Å². The monoisotopic (exact) mass is 398 g/mol. The summed E-state index contributed by atoms with van der Waals surface area (Å²) < 4.78 is 10.9. The number of carbonyl (C=O) groups excluding carboxylic acids is 1. The molecule has 0 saturated heterocycles. The fraction of sp³-hybridized carbons (Fsp3) is 0.650. The normalized spacial score (nSPS) is 10.7. The Balaban J connectivity index is 2.54. The molecule has 0 heterocycles. The van der Waals surface area contributed by atoms with E-state index in [1.165, 1.54) is 32.1 Å². The van der Waals surface area contributed by atoms with Crippen molar-refractivity contribution in [3.05, 3.63) is 22.8 Å². The molecule has 3 nitrogen and oxygen atoms in total. The first-order chi connectivity index (χ1) is 11.6. The lowest BCUT2D eigenvalue weighted by Gasteiger charge is -2.16. The summed E-state index contributed by atoms with van der Waals surface area (Å²) in [5, 5.41) is 1.10. The molecule has 0 fully saturated rings. The maximum Gasteiger partial charge on any atom is 0.166 e. The van der Waals surface area contributed by atoms with Crippen LogP contribution in [-0.4, -0.2) is 25.3 Å². The molecule has 0 amide bonds. The van der Waals surface area contributed by atoms with Gasteiger partial charge in [-0.15, -0.1) is 0 Å². The standard InChI is InChI=1S/C20H31BrO3/c1-15-16(2)20(24-4)17(14-19(15)23-3)18(22)12-10-8-6-5-7-9-11-13-21/h14H,5-13H2,1-4H3. The zero-order valence-electron chi connectivity index (χ0n) is 15.5. The van der Waals surface area contributed by atoms with E-state index in [2.05, 4.69) is 15.9 Å². The lowest BCUT2D eigenvalue weighted by molar-refractivity contribution is 0.0975. The minimum absolute atomic E-state index is 0.146. The predicted octanol–water partition coefficient (Wildman–Crippen LogP) is 6.02. The zero-order chi connectivity index (χ0) is 17.9. The van der Waals surface area contributed by atoms with Gasteiger partial charge in [-0.1, -0.05) is 48.0 Å². The third-order valence-electron chi connectivity index (χ3n) is 4.55. The molecule has 0 spiro atoms. The van der Waals surface area contributed by atoms with Crippen LogP contribution in [0.5, 0.6) is 11.5 Å². The number of rotatable bonds is 12. The van der Waals surface area contributed by atoms with E-state index in [0.29, 0.717) is 17.7 Å². The Bertz CT molecular complexity index is 526. The van der Waals surface area contributed by atoms with Gasteiger partial charge in [0, 0.05) is 11.8 Å². The first kappa shape index (κ1) is 21.0. The summed E-state index contributed by atoms with van der Waals surface area (Å²) in [5.41, 5.74) is 2.65. The van der Waals surface area contributed by atoms with Crippen molar-refractivity contribution in [2.75, 3.05) is 19.5 Å². The molecule has 0 aromatic heterocycles. The van der Waals surface area contributed by atoms with Crippen LogP contribution in [0.25, 0.3) is 0 Å². The Kier molecular flexibility index (Phi) is 10.1. The van der Waals surface area contributed by atoms with Crippen LogP contribution < -0.4 is 9.47 Å². The number of carbonyl (C=O) groups is 1. The van der Waals surface area contributed by atoms with Gasteiger partial charge in [0.2, 0.25) is 0 Å². The molecule has 1 rings (SSSR count). The summed E-state index contributed by atoms with van der Waals surface area (Å²) in [4.78, 5) is 12.6. The number of alkyl halides is 1. The van der Waals surface area contributed by atoms with E-state index in [-0.39, 0.29) is 5.78 Å². The molecule has 0 saturated carbocycles. The summed E-state index contributed by atoms with van der Waals surface area (Å²) in [6.07, 6.45) is 8.95. The second-order valence-corrected chi connectivity index (χ2v) is 7.04. The fourth-order valence-electron chi connectivity index (χ4n) is 2.94. The lowest BCUT2D eigenvalue weighted by Crippen LogP contribution is -2.06. The van der Waals surface area contributed by atoms with Crippen molar-refractivity contribution in [2.24, 2.45) is 0 Å². The largest absolute Gasteiger partial charge is 0.496 e. The Hall–Kier alpha value is -1.03. The summed E-state index contributed by atoms with van der Waals surface area (Å²) in [6.45, 7) is 3.96. The number of unbranched alkanes of at least 4 members (excludes halogenated alkanes) is 6. The van der Waals surface area contributed by atoms with Crippen LogP contribution in [-0.2, 0) is 0 Å². The molecule has 24 heavy (non-hydrogen) atoms. The summed E-state index contributed by atoms with van der Waals surface area (Å²) in [6, 6.07) is 1.82. The number of halogens is 1. The number of Topliss-reactive ketones (excluding diaryl/α,β-unsaturated/α-hetero) is 1. The van der Waals surface area contributed by atoms with Crippen LogP contribution in [0.2, 0.25) is 0 Å². The first-order valence-corrected chi connectivity index (χ1v) is 10.00. The molecule has 4 heteroatoms. The number of ketones is 1. The van der Waals surface area contributed by atoms with Crippen LogP contribution in [0, 0.1) is 13.8 Å². The molecular formula is C20H31BrO3. The molecule has 0 N–H and O–H groups in total. The Morgan fingerprint density at radius 3 is 2.04 bits per heavy atom.